The third-order valence-electron chi connectivity index (χ3n) is 2.23. The van der Waals surface area contributed by atoms with Gasteiger partial charge in [0.05, 0.1) is 6.54 Å². The van der Waals surface area contributed by atoms with E-state index in [1.54, 1.807) is 0 Å². The topological polar surface area (TPSA) is 29.3 Å². The Morgan fingerprint density at radius 2 is 2.06 bits per heavy atom. The molecule has 0 atom stereocenters. The molecule has 0 aliphatic heterocycles. The number of nitrogens with zero attached hydrogens (tertiary/aromatic N) is 1. The lowest BCUT2D eigenvalue weighted by Gasteiger charge is -2.15. The molecule has 0 radical (unpaired) electrons. The normalized spacial score (nSPS) is 10.8. The Morgan fingerprint density at radius 3 is 2.69 bits per heavy atom. The van der Waals surface area contributed by atoms with Crippen LogP contribution in [0.5, 0.6) is 0 Å². The van der Waals surface area contributed by atoms with Gasteiger partial charge in [-0.3, -0.25) is 4.90 Å². The summed E-state index contributed by atoms with van der Waals surface area (Å²) in [4.78, 5) is 2.14. The molecule has 2 heteroatoms. The molecule has 0 fully saturated rings. The minimum atomic E-state index is 0.640. The van der Waals surface area contributed by atoms with Crippen LogP contribution in [0.15, 0.2) is 36.4 Å². The first-order chi connectivity index (χ1) is 7.86. The lowest BCUT2D eigenvalue weighted by Crippen LogP contribution is -2.29. The maximum Gasteiger partial charge on any atom is 0.0602 e. The van der Waals surface area contributed by atoms with E-state index in [2.05, 4.69) is 35.1 Å². The van der Waals surface area contributed by atoms with E-state index < -0.39 is 0 Å². The molecule has 16 heavy (non-hydrogen) atoms. The van der Waals surface area contributed by atoms with Crippen molar-refractivity contribution in [2.24, 2.45) is 5.73 Å². The number of terminal acetylenes is 1. The Bertz CT molecular complexity index is 349. The van der Waals surface area contributed by atoms with Crippen LogP contribution in [-0.2, 0) is 0 Å². The van der Waals surface area contributed by atoms with Crippen molar-refractivity contribution in [2.75, 3.05) is 26.2 Å². The van der Waals surface area contributed by atoms with Crippen LogP contribution in [0.1, 0.15) is 5.56 Å². The molecule has 0 saturated heterocycles. The molecule has 0 aliphatic rings. The minimum Gasteiger partial charge on any atom is -0.329 e. The van der Waals surface area contributed by atoms with Crippen molar-refractivity contribution in [3.63, 3.8) is 0 Å². The summed E-state index contributed by atoms with van der Waals surface area (Å²) >= 11 is 0. The van der Waals surface area contributed by atoms with E-state index in [1.807, 2.05) is 18.2 Å². The zero-order chi connectivity index (χ0) is 11.6. The largest absolute Gasteiger partial charge is 0.329 e. The van der Waals surface area contributed by atoms with E-state index in [-0.39, 0.29) is 0 Å². The van der Waals surface area contributed by atoms with Crippen LogP contribution in [-0.4, -0.2) is 31.1 Å². The van der Waals surface area contributed by atoms with Gasteiger partial charge in [-0.2, -0.15) is 0 Å². The Labute approximate surface area is 97.8 Å². The maximum atomic E-state index is 5.51. The molecule has 1 rings (SSSR count). The summed E-state index contributed by atoms with van der Waals surface area (Å²) < 4.78 is 0. The minimum absolute atomic E-state index is 0.640. The molecule has 0 aliphatic carbocycles. The Hall–Kier alpha value is -1.56. The summed E-state index contributed by atoms with van der Waals surface area (Å²) in [5, 5.41) is 0. The summed E-state index contributed by atoms with van der Waals surface area (Å²) in [5.41, 5.74) is 6.71. The summed E-state index contributed by atoms with van der Waals surface area (Å²) in [6, 6.07) is 10.2. The molecule has 0 aromatic heterocycles. The van der Waals surface area contributed by atoms with Crippen LogP contribution in [0.4, 0.5) is 0 Å². The zero-order valence-corrected chi connectivity index (χ0v) is 9.47. The fraction of sp³-hybridized carbons (Fsp3) is 0.286. The first kappa shape index (κ1) is 12.5. The van der Waals surface area contributed by atoms with Gasteiger partial charge in [0.2, 0.25) is 0 Å². The molecule has 2 N–H and O–H groups in total. The Balaban J connectivity index is 2.43. The fourth-order valence-corrected chi connectivity index (χ4v) is 1.45. The Morgan fingerprint density at radius 1 is 1.31 bits per heavy atom. The maximum absolute atomic E-state index is 5.51. The third-order valence-corrected chi connectivity index (χ3v) is 2.23. The van der Waals surface area contributed by atoms with Gasteiger partial charge in [-0.15, -0.1) is 6.42 Å². The van der Waals surface area contributed by atoms with Gasteiger partial charge in [0.25, 0.3) is 0 Å². The average Bonchev–Trinajstić information content (AvgIpc) is 2.31. The lowest BCUT2D eigenvalue weighted by atomic mass is 10.2. The van der Waals surface area contributed by atoms with Crippen LogP contribution >= 0.6 is 0 Å². The van der Waals surface area contributed by atoms with Gasteiger partial charge in [-0.25, -0.2) is 0 Å². The van der Waals surface area contributed by atoms with Crippen molar-refractivity contribution in [3.05, 3.63) is 42.0 Å². The van der Waals surface area contributed by atoms with E-state index in [0.29, 0.717) is 13.1 Å². The molecule has 84 valence electrons. The second-order valence-electron chi connectivity index (χ2n) is 3.54. The first-order valence-corrected chi connectivity index (χ1v) is 5.44. The molecule has 0 unspecified atom stereocenters. The highest BCUT2D eigenvalue weighted by atomic mass is 15.1. The molecule has 0 bridgehead atoms. The van der Waals surface area contributed by atoms with E-state index in [1.165, 1.54) is 5.56 Å². The van der Waals surface area contributed by atoms with Gasteiger partial charge in [0.1, 0.15) is 0 Å². The van der Waals surface area contributed by atoms with Crippen molar-refractivity contribution >= 4 is 6.08 Å². The number of benzene rings is 1. The Kier molecular flexibility index (Phi) is 6.02. The van der Waals surface area contributed by atoms with Gasteiger partial charge in [-0.05, 0) is 5.56 Å². The molecule has 2 nitrogen and oxygen atoms in total. The predicted molar refractivity (Wildman–Crippen MR) is 69.8 cm³/mol. The quantitative estimate of drug-likeness (QED) is 0.729. The van der Waals surface area contributed by atoms with Crippen molar-refractivity contribution in [1.82, 2.24) is 4.90 Å². The van der Waals surface area contributed by atoms with Gasteiger partial charge in [0, 0.05) is 19.6 Å². The summed E-state index contributed by atoms with van der Waals surface area (Å²) in [6.07, 6.45) is 9.50. The number of nitrogens with two attached hydrogens (primary N) is 1. The lowest BCUT2D eigenvalue weighted by molar-refractivity contribution is 0.350. The van der Waals surface area contributed by atoms with Crippen LogP contribution in [0.3, 0.4) is 0 Å². The molecular formula is C14H18N2. The number of hydrogen-bond acceptors (Lipinski definition) is 2. The van der Waals surface area contributed by atoms with Crippen molar-refractivity contribution in [1.29, 1.82) is 0 Å². The monoisotopic (exact) mass is 214 g/mol. The van der Waals surface area contributed by atoms with E-state index in [9.17, 15) is 0 Å². The smallest absolute Gasteiger partial charge is 0.0602 e. The van der Waals surface area contributed by atoms with Crippen LogP contribution < -0.4 is 5.73 Å². The predicted octanol–water partition coefficient (Wildman–Crippen LogP) is 1.59. The molecule has 1 aromatic rings. The number of rotatable bonds is 6. The summed E-state index contributed by atoms with van der Waals surface area (Å²) in [6.45, 7) is 2.97. The molecule has 0 spiro atoms. The second-order valence-corrected chi connectivity index (χ2v) is 3.54. The first-order valence-electron chi connectivity index (χ1n) is 5.44. The summed E-state index contributed by atoms with van der Waals surface area (Å²) in [5.74, 6) is 2.64. The fourth-order valence-electron chi connectivity index (χ4n) is 1.45. The van der Waals surface area contributed by atoms with Crippen molar-refractivity contribution < 1.29 is 0 Å². The van der Waals surface area contributed by atoms with Gasteiger partial charge in [-0.1, -0.05) is 48.4 Å². The molecule has 0 amide bonds. The molecule has 0 heterocycles. The van der Waals surface area contributed by atoms with Gasteiger partial charge < -0.3 is 5.73 Å². The highest BCUT2D eigenvalue weighted by Gasteiger charge is 1.97. The standard InChI is InChI=1S/C14H18N2/c1-2-11-16(13-10-15)12-6-9-14-7-4-3-5-8-14/h1,3-9H,10-13,15H2. The van der Waals surface area contributed by atoms with Crippen molar-refractivity contribution in [2.45, 2.75) is 0 Å². The molecular weight excluding hydrogens is 196 g/mol. The van der Waals surface area contributed by atoms with Gasteiger partial charge >= 0.3 is 0 Å². The zero-order valence-electron chi connectivity index (χ0n) is 9.47. The molecule has 0 saturated carbocycles. The SMILES string of the molecule is C#CCN(CC=Cc1ccccc1)CCN. The van der Waals surface area contributed by atoms with E-state index in [4.69, 9.17) is 12.2 Å². The van der Waals surface area contributed by atoms with Crippen LogP contribution in [0.25, 0.3) is 6.08 Å². The molecule has 1 aromatic carbocycles. The van der Waals surface area contributed by atoms with E-state index in [0.717, 1.165) is 13.1 Å². The van der Waals surface area contributed by atoms with E-state index >= 15 is 0 Å². The van der Waals surface area contributed by atoms with Crippen molar-refractivity contribution in [3.8, 4) is 12.3 Å². The summed E-state index contributed by atoms with van der Waals surface area (Å²) in [7, 11) is 0. The highest BCUT2D eigenvalue weighted by molar-refractivity contribution is 5.48. The van der Waals surface area contributed by atoms with Crippen LogP contribution in [0.2, 0.25) is 0 Å². The van der Waals surface area contributed by atoms with Crippen LogP contribution in [0, 0.1) is 12.3 Å². The second kappa shape index (κ2) is 7.70. The number of hydrogen-bond donors (Lipinski definition) is 1. The average molecular weight is 214 g/mol. The third kappa shape index (κ3) is 4.79. The highest BCUT2D eigenvalue weighted by Crippen LogP contribution is 2.01. The van der Waals surface area contributed by atoms with Gasteiger partial charge in [0.15, 0.2) is 0 Å².